The summed E-state index contributed by atoms with van der Waals surface area (Å²) in [5, 5.41) is 22.8. The maximum Gasteiger partial charge on any atom is 0.243 e. The van der Waals surface area contributed by atoms with Crippen molar-refractivity contribution >= 4 is 20.0 Å². The lowest BCUT2D eigenvalue weighted by Gasteiger charge is -2.28. The number of unbranched alkanes of at least 4 members (excludes halogenated alkanes) is 18. The Hall–Kier alpha value is -3.70. The molecule has 0 aliphatic heterocycles. The molecule has 72 heavy (non-hydrogen) atoms. The molecular formula is C62H96N2O6S2. The first-order chi connectivity index (χ1) is 34.0. The summed E-state index contributed by atoms with van der Waals surface area (Å²) < 4.78 is 62.3. The molecule has 4 aromatic rings. The van der Waals surface area contributed by atoms with E-state index in [2.05, 4.69) is 55.4 Å². The van der Waals surface area contributed by atoms with Gasteiger partial charge in [-0.15, -0.1) is 0 Å². The summed E-state index contributed by atoms with van der Waals surface area (Å²) in [6.07, 6.45) is 22.9. The topological polar surface area (TPSA) is 115 Å². The van der Waals surface area contributed by atoms with E-state index < -0.39 is 20.0 Å². The molecule has 402 valence electrons. The molecular weight excluding hydrogens is 933 g/mol. The highest BCUT2D eigenvalue weighted by molar-refractivity contribution is 7.89. The maximum atomic E-state index is 14.9. The van der Waals surface area contributed by atoms with Gasteiger partial charge < -0.3 is 10.2 Å². The summed E-state index contributed by atoms with van der Waals surface area (Å²) in [5.74, 6) is 0.433. The van der Waals surface area contributed by atoms with Crippen LogP contribution in [0.3, 0.4) is 0 Å². The molecule has 0 spiro atoms. The molecule has 4 rings (SSSR count). The second-order valence-corrected chi connectivity index (χ2v) is 26.9. The number of hydrogen-bond donors (Lipinski definition) is 2. The first kappa shape index (κ1) is 60.9. The van der Waals surface area contributed by atoms with Crippen molar-refractivity contribution in [2.45, 2.75) is 245 Å². The number of benzene rings is 4. The SMILES string of the molecule is CCCCCCCCCCCCN(Cc1c(C)cc(C(C)(C)C)c(O)c1C)S(=O)(=O)c1ccc(-c2cccc(S(=O)(=O)N(CCCCCCCCCCCC)Cc3c(C)cc(C(C)(C)C)c(O)c3C)c2)cc1. The fraction of sp³-hybridized carbons (Fsp3) is 0.613. The summed E-state index contributed by atoms with van der Waals surface area (Å²) >= 11 is 0. The largest absolute Gasteiger partial charge is 0.507 e. The van der Waals surface area contributed by atoms with Crippen LogP contribution < -0.4 is 0 Å². The van der Waals surface area contributed by atoms with E-state index in [1.807, 2.05) is 45.9 Å². The first-order valence-corrected chi connectivity index (χ1v) is 30.7. The summed E-state index contributed by atoms with van der Waals surface area (Å²) in [6, 6.07) is 17.8. The van der Waals surface area contributed by atoms with E-state index >= 15 is 0 Å². The molecule has 0 heterocycles. The van der Waals surface area contributed by atoms with Crippen molar-refractivity contribution in [1.29, 1.82) is 0 Å². The maximum absolute atomic E-state index is 14.9. The smallest absolute Gasteiger partial charge is 0.243 e. The highest BCUT2D eigenvalue weighted by Crippen LogP contribution is 2.39. The Labute approximate surface area is 439 Å². The molecule has 0 aliphatic carbocycles. The van der Waals surface area contributed by atoms with Crippen molar-refractivity contribution in [3.8, 4) is 22.6 Å². The summed E-state index contributed by atoms with van der Waals surface area (Å²) in [7, 11) is -7.99. The zero-order chi connectivity index (χ0) is 53.3. The molecule has 0 fully saturated rings. The number of sulfonamides is 2. The van der Waals surface area contributed by atoms with Gasteiger partial charge in [0.05, 0.1) is 9.79 Å². The molecule has 0 saturated carbocycles. The van der Waals surface area contributed by atoms with Crippen LogP contribution in [0.2, 0.25) is 0 Å². The Morgan fingerprint density at radius 3 is 1.14 bits per heavy atom. The van der Waals surface area contributed by atoms with Crippen molar-refractivity contribution in [3.63, 3.8) is 0 Å². The van der Waals surface area contributed by atoms with Crippen molar-refractivity contribution in [2.75, 3.05) is 13.1 Å². The van der Waals surface area contributed by atoms with Gasteiger partial charge in [0.2, 0.25) is 20.0 Å². The molecule has 4 aromatic carbocycles. The van der Waals surface area contributed by atoms with E-state index in [1.54, 1.807) is 51.1 Å². The summed E-state index contributed by atoms with van der Waals surface area (Å²) in [6.45, 7) is 25.6. The third kappa shape index (κ3) is 17.2. The van der Waals surface area contributed by atoms with E-state index in [4.69, 9.17) is 0 Å². The predicted octanol–water partition coefficient (Wildman–Crippen LogP) is 16.8. The minimum absolute atomic E-state index is 0.140. The summed E-state index contributed by atoms with van der Waals surface area (Å²) in [4.78, 5) is 0.339. The van der Waals surface area contributed by atoms with Crippen LogP contribution in [0.25, 0.3) is 11.1 Å². The van der Waals surface area contributed by atoms with Crippen LogP contribution in [0.1, 0.15) is 228 Å². The Bertz CT molecular complexity index is 2540. The van der Waals surface area contributed by atoms with Gasteiger partial charge in [0.15, 0.2) is 0 Å². The van der Waals surface area contributed by atoms with Crippen molar-refractivity contribution in [2.24, 2.45) is 0 Å². The molecule has 0 aliphatic rings. The minimum Gasteiger partial charge on any atom is -0.507 e. The molecule has 10 heteroatoms. The van der Waals surface area contributed by atoms with Crippen LogP contribution in [0.4, 0.5) is 0 Å². The molecule has 0 bridgehead atoms. The molecule has 0 radical (unpaired) electrons. The lowest BCUT2D eigenvalue weighted by atomic mass is 9.82. The van der Waals surface area contributed by atoms with Gasteiger partial charge in [-0.1, -0.05) is 207 Å². The van der Waals surface area contributed by atoms with Crippen LogP contribution in [0, 0.1) is 27.7 Å². The summed E-state index contributed by atoms with van der Waals surface area (Å²) in [5.41, 5.74) is 7.44. The van der Waals surface area contributed by atoms with Gasteiger partial charge in [-0.05, 0) is 131 Å². The van der Waals surface area contributed by atoms with E-state index in [9.17, 15) is 27.0 Å². The van der Waals surface area contributed by atoms with Gasteiger partial charge in [0.1, 0.15) is 11.5 Å². The molecule has 0 atom stereocenters. The molecule has 0 saturated heterocycles. The average Bonchev–Trinajstić information content (AvgIpc) is 3.33. The van der Waals surface area contributed by atoms with Gasteiger partial charge >= 0.3 is 0 Å². The Morgan fingerprint density at radius 1 is 0.431 bits per heavy atom. The second-order valence-electron chi connectivity index (χ2n) is 23.0. The van der Waals surface area contributed by atoms with E-state index in [1.165, 1.54) is 77.0 Å². The van der Waals surface area contributed by atoms with Gasteiger partial charge in [-0.3, -0.25) is 0 Å². The van der Waals surface area contributed by atoms with Crippen LogP contribution >= 0.6 is 0 Å². The number of aromatic hydroxyl groups is 2. The molecule has 8 nitrogen and oxygen atoms in total. The minimum atomic E-state index is -4.01. The van der Waals surface area contributed by atoms with Gasteiger partial charge in [-0.25, -0.2) is 16.8 Å². The zero-order valence-corrected chi connectivity index (χ0v) is 48.6. The average molecular weight is 1030 g/mol. The fourth-order valence-corrected chi connectivity index (χ4v) is 13.0. The quantitative estimate of drug-likeness (QED) is 0.0485. The first-order valence-electron chi connectivity index (χ1n) is 27.8. The zero-order valence-electron chi connectivity index (χ0n) is 47.0. The van der Waals surface area contributed by atoms with Gasteiger partial charge in [-0.2, -0.15) is 8.61 Å². The number of rotatable bonds is 31. The number of aryl methyl sites for hydroxylation is 2. The Balaban J connectivity index is 1.61. The molecule has 0 amide bonds. The van der Waals surface area contributed by atoms with E-state index in [-0.39, 0.29) is 45.2 Å². The van der Waals surface area contributed by atoms with Crippen LogP contribution in [-0.4, -0.2) is 48.7 Å². The van der Waals surface area contributed by atoms with E-state index in [0.29, 0.717) is 35.3 Å². The lowest BCUT2D eigenvalue weighted by Crippen LogP contribution is -2.32. The van der Waals surface area contributed by atoms with Gasteiger partial charge in [0, 0.05) is 26.2 Å². The highest BCUT2D eigenvalue weighted by atomic mass is 32.2. The third-order valence-corrected chi connectivity index (χ3v) is 18.6. The van der Waals surface area contributed by atoms with Crippen molar-refractivity contribution in [1.82, 2.24) is 8.61 Å². The molecule has 0 unspecified atom stereocenters. The normalized spacial score (nSPS) is 12.7. The lowest BCUT2D eigenvalue weighted by molar-refractivity contribution is 0.386. The van der Waals surface area contributed by atoms with Crippen molar-refractivity contribution < 1.29 is 27.0 Å². The monoisotopic (exact) mass is 1030 g/mol. The number of phenolic OH excluding ortho intramolecular Hbond substituents is 2. The predicted molar refractivity (Wildman–Crippen MR) is 303 cm³/mol. The highest BCUT2D eigenvalue weighted by Gasteiger charge is 2.31. The van der Waals surface area contributed by atoms with E-state index in [0.717, 1.165) is 84.7 Å². The second kappa shape index (κ2) is 28.3. The molecule has 0 aromatic heterocycles. The molecule has 2 N–H and O–H groups in total. The number of hydrogen-bond acceptors (Lipinski definition) is 6. The van der Waals surface area contributed by atoms with Crippen LogP contribution in [-0.2, 0) is 44.0 Å². The van der Waals surface area contributed by atoms with Gasteiger partial charge in [0.25, 0.3) is 0 Å². The Morgan fingerprint density at radius 2 is 0.778 bits per heavy atom. The fourth-order valence-electron chi connectivity index (χ4n) is 10.1. The van der Waals surface area contributed by atoms with Crippen LogP contribution in [0.5, 0.6) is 11.5 Å². The number of nitrogens with zero attached hydrogens (tertiary/aromatic N) is 2. The number of phenols is 2. The third-order valence-electron chi connectivity index (χ3n) is 14.9. The van der Waals surface area contributed by atoms with Crippen LogP contribution in [0.15, 0.2) is 70.5 Å². The standard InChI is InChI=1S/C62H96N2O6S2/c1-13-15-17-19-21-23-25-27-29-31-40-63(45-55-47(3)42-57(61(7,8)9)59(65)49(55)5)71(67,68)53-38-36-51(37-39-53)52-34-33-35-54(44-52)72(69,70)64(41-32-30-28-26-24-22-20-18-16-14-2)46-56-48(4)43-58(62(10,11)12)60(66)50(56)6/h33-39,42-44,65-66H,13-32,40-41,45-46H2,1-12H3. The van der Waals surface area contributed by atoms with Crippen molar-refractivity contribution in [3.05, 3.63) is 105 Å². The Kier molecular flexibility index (Phi) is 23.9.